The van der Waals surface area contributed by atoms with Crippen molar-refractivity contribution in [3.8, 4) is 33.6 Å². The second-order valence-electron chi connectivity index (χ2n) is 14.8. The highest BCUT2D eigenvalue weighted by atomic mass is 16.4. The van der Waals surface area contributed by atoms with Crippen LogP contribution in [-0.4, -0.2) is 97.3 Å². The summed E-state index contributed by atoms with van der Waals surface area (Å²) < 4.78 is 0. The van der Waals surface area contributed by atoms with Gasteiger partial charge in [0.15, 0.2) is 0 Å². The van der Waals surface area contributed by atoms with Crippen LogP contribution in [0.4, 0.5) is 4.79 Å². The number of H-pyrrole nitrogens is 2. The topological polar surface area (TPSA) is 142 Å². The molecule has 12 nitrogen and oxygen atoms in total. The lowest BCUT2D eigenvalue weighted by Crippen LogP contribution is -2.43. The Bertz CT molecular complexity index is 2310. The quantitative estimate of drug-likeness (QED) is 0.115. The number of aromatic amines is 2. The van der Waals surface area contributed by atoms with Gasteiger partial charge in [0.05, 0.1) is 35.9 Å². The van der Waals surface area contributed by atoms with Gasteiger partial charge in [-0.2, -0.15) is 0 Å². The zero-order valence-corrected chi connectivity index (χ0v) is 32.8. The number of nitrogens with zero attached hydrogens (tertiary/aromatic N) is 6. The van der Waals surface area contributed by atoms with Crippen molar-refractivity contribution in [2.75, 3.05) is 34.7 Å². The normalized spacial score (nSPS) is 15.6. The number of benzene rings is 4. The summed E-state index contributed by atoms with van der Waals surface area (Å²) in [7, 11) is 6.95. The Hall–Kier alpha value is -6.53. The minimum absolute atomic E-state index is 0.0871. The first-order chi connectivity index (χ1) is 27.5. The molecule has 1 saturated heterocycles. The van der Waals surface area contributed by atoms with Crippen LogP contribution in [0, 0.1) is 0 Å². The molecule has 12 heteroatoms. The molecule has 2 aromatic heterocycles. The number of hydrogen-bond acceptors (Lipinski definition) is 6. The maximum absolute atomic E-state index is 13.9. The van der Waals surface area contributed by atoms with Crippen molar-refractivity contribution in [3.63, 3.8) is 0 Å². The zero-order chi connectivity index (χ0) is 40.2. The highest BCUT2D eigenvalue weighted by molar-refractivity contribution is 5.87. The fourth-order valence-electron chi connectivity index (χ4n) is 7.65. The first kappa shape index (κ1) is 38.7. The molecule has 3 amide bonds. The van der Waals surface area contributed by atoms with Crippen LogP contribution in [0.1, 0.15) is 66.7 Å². The first-order valence-electron chi connectivity index (χ1n) is 19.1. The molecule has 6 aromatic rings. The van der Waals surface area contributed by atoms with Crippen molar-refractivity contribution in [3.05, 3.63) is 144 Å². The number of carboxylic acid groups (broad SMARTS) is 1. The summed E-state index contributed by atoms with van der Waals surface area (Å²) in [4.78, 5) is 62.2. The molecular formula is C45H48N8O4. The van der Waals surface area contributed by atoms with E-state index in [4.69, 9.17) is 4.98 Å². The van der Waals surface area contributed by atoms with Crippen LogP contribution < -0.4 is 0 Å². The third kappa shape index (κ3) is 8.08. The van der Waals surface area contributed by atoms with E-state index >= 15 is 0 Å². The van der Waals surface area contributed by atoms with Gasteiger partial charge in [-0.1, -0.05) is 109 Å². The van der Waals surface area contributed by atoms with Gasteiger partial charge in [0.25, 0.3) is 0 Å². The smallest absolute Gasteiger partial charge is 0.407 e. The van der Waals surface area contributed by atoms with E-state index in [-0.39, 0.29) is 23.9 Å². The number of carbonyl (C=O) groups excluding carboxylic acids is 2. The van der Waals surface area contributed by atoms with E-state index in [1.807, 2.05) is 85.5 Å². The van der Waals surface area contributed by atoms with Crippen LogP contribution in [0.3, 0.4) is 0 Å². The molecule has 0 saturated carbocycles. The van der Waals surface area contributed by atoms with Gasteiger partial charge in [0.1, 0.15) is 23.7 Å². The molecule has 7 rings (SSSR count). The molecule has 0 spiro atoms. The summed E-state index contributed by atoms with van der Waals surface area (Å²) >= 11 is 0. The molecule has 1 aliphatic heterocycles. The van der Waals surface area contributed by atoms with Crippen LogP contribution >= 0.6 is 0 Å². The number of likely N-dealkylation sites (tertiary alicyclic amines) is 1. The van der Waals surface area contributed by atoms with Gasteiger partial charge in [-0.05, 0) is 67.2 Å². The average Bonchev–Trinajstić information content (AvgIpc) is 4.03. The van der Waals surface area contributed by atoms with Crippen molar-refractivity contribution in [2.45, 2.75) is 43.9 Å². The third-order valence-corrected chi connectivity index (χ3v) is 11.0. The van der Waals surface area contributed by atoms with Crippen molar-refractivity contribution in [1.29, 1.82) is 0 Å². The summed E-state index contributed by atoms with van der Waals surface area (Å²) in [6.07, 6.45) is 4.20. The van der Waals surface area contributed by atoms with Crippen LogP contribution in [0.2, 0.25) is 0 Å². The maximum Gasteiger partial charge on any atom is 0.407 e. The molecular weight excluding hydrogens is 717 g/mol. The molecule has 0 aliphatic carbocycles. The molecule has 1 fully saturated rings. The lowest BCUT2D eigenvalue weighted by molar-refractivity contribution is -0.138. The number of likely N-dealkylation sites (N-methyl/N-ethyl adjacent to an activating group) is 3. The van der Waals surface area contributed by atoms with E-state index in [1.54, 1.807) is 37.5 Å². The van der Waals surface area contributed by atoms with Crippen LogP contribution in [-0.2, 0) is 9.59 Å². The molecule has 3 N–H and O–H groups in total. The number of imidazole rings is 2. The second kappa shape index (κ2) is 16.7. The molecule has 3 heterocycles. The maximum atomic E-state index is 13.9. The highest BCUT2D eigenvalue weighted by Crippen LogP contribution is 2.36. The van der Waals surface area contributed by atoms with Crippen molar-refractivity contribution >= 4 is 17.9 Å². The zero-order valence-electron chi connectivity index (χ0n) is 32.8. The molecule has 4 atom stereocenters. The summed E-state index contributed by atoms with van der Waals surface area (Å²) in [6.45, 7) is 2.56. The van der Waals surface area contributed by atoms with Gasteiger partial charge in [-0.25, -0.2) is 14.8 Å². The fraction of sp³-hybridized carbons (Fsp3) is 0.267. The Balaban J connectivity index is 1.01. The van der Waals surface area contributed by atoms with E-state index in [0.29, 0.717) is 17.9 Å². The lowest BCUT2D eigenvalue weighted by atomic mass is 10.0. The molecule has 0 unspecified atom stereocenters. The predicted octanol–water partition coefficient (Wildman–Crippen LogP) is 7.97. The summed E-state index contributed by atoms with van der Waals surface area (Å²) in [6, 6.07) is 33.4. The van der Waals surface area contributed by atoms with Crippen LogP contribution in [0.25, 0.3) is 33.6 Å². The summed E-state index contributed by atoms with van der Waals surface area (Å²) in [5.74, 6) is 1.12. The molecule has 0 radical (unpaired) electrons. The Kier molecular flexibility index (Phi) is 11.3. The predicted molar refractivity (Wildman–Crippen MR) is 220 cm³/mol. The molecule has 0 bridgehead atoms. The Morgan fingerprint density at radius 1 is 0.684 bits per heavy atom. The minimum atomic E-state index is -1.19. The Morgan fingerprint density at radius 2 is 1.19 bits per heavy atom. The molecule has 4 aromatic carbocycles. The van der Waals surface area contributed by atoms with Gasteiger partial charge < -0.3 is 24.9 Å². The average molecular weight is 765 g/mol. The van der Waals surface area contributed by atoms with Gasteiger partial charge >= 0.3 is 6.09 Å². The van der Waals surface area contributed by atoms with E-state index in [0.717, 1.165) is 62.8 Å². The number of rotatable bonds is 12. The summed E-state index contributed by atoms with van der Waals surface area (Å²) in [5.41, 5.74) is 7.34. The highest BCUT2D eigenvalue weighted by Gasteiger charge is 2.37. The number of amides is 3. The van der Waals surface area contributed by atoms with E-state index in [2.05, 4.69) is 51.4 Å². The number of carbonyl (C=O) groups is 3. The van der Waals surface area contributed by atoms with Gasteiger partial charge in [-0.15, -0.1) is 0 Å². The SMILES string of the molecule is C[C@@H](c1ncc(-c2ccc(-c3ccc(-c4cnc([C@@H]5CCCN5C(=O)[C@@H](c5ccccc5)N(C)C)[nH]4)cc3)cc2)[nH]1)N(C)C(=O)[C@@H](c1ccccc1)N(C)C(=O)O. The minimum Gasteiger partial charge on any atom is -0.465 e. The second-order valence-corrected chi connectivity index (χ2v) is 14.8. The van der Waals surface area contributed by atoms with E-state index in [9.17, 15) is 19.5 Å². The largest absolute Gasteiger partial charge is 0.465 e. The molecule has 292 valence electrons. The van der Waals surface area contributed by atoms with Crippen molar-refractivity contribution in [1.82, 2.24) is 39.5 Å². The molecule has 57 heavy (non-hydrogen) atoms. The summed E-state index contributed by atoms with van der Waals surface area (Å²) in [5, 5.41) is 9.71. The van der Waals surface area contributed by atoms with Gasteiger partial charge in [-0.3, -0.25) is 19.4 Å². The van der Waals surface area contributed by atoms with Gasteiger partial charge in [0.2, 0.25) is 11.8 Å². The van der Waals surface area contributed by atoms with E-state index < -0.39 is 18.2 Å². The monoisotopic (exact) mass is 764 g/mol. The molecule has 1 aliphatic rings. The number of aromatic nitrogens is 4. The van der Waals surface area contributed by atoms with Gasteiger partial charge in [0, 0.05) is 20.6 Å². The van der Waals surface area contributed by atoms with E-state index in [1.165, 1.54) is 11.9 Å². The number of nitrogens with one attached hydrogen (secondary N) is 2. The third-order valence-electron chi connectivity index (χ3n) is 11.0. The standard InChI is InChI=1S/C45H48N8O4/c1-29(51(4)43(54)40(52(5)45(56)57)35-15-10-7-11-16-35)41-46-27-36(48-41)32-22-18-30(19-23-32)31-20-24-33(25-21-31)37-28-47-42(49-37)38-17-12-26-53(38)44(55)39(50(2)3)34-13-8-6-9-14-34/h6-11,13-16,18-25,27-29,38-40H,12,17,26H2,1-5H3,(H,46,48)(H,47,49)(H,56,57)/t29-,38-,39+,40+/m0/s1. The first-order valence-corrected chi connectivity index (χ1v) is 19.1. The van der Waals surface area contributed by atoms with Crippen LogP contribution in [0.15, 0.2) is 122 Å². The van der Waals surface area contributed by atoms with Crippen molar-refractivity contribution in [2.24, 2.45) is 0 Å². The Morgan fingerprint density at radius 3 is 1.74 bits per heavy atom. The van der Waals surface area contributed by atoms with Crippen molar-refractivity contribution < 1.29 is 19.5 Å². The number of hydrogen-bond donors (Lipinski definition) is 3. The fourth-order valence-corrected chi connectivity index (χ4v) is 7.65. The van der Waals surface area contributed by atoms with Crippen LogP contribution in [0.5, 0.6) is 0 Å². The Labute approximate surface area is 332 Å². The lowest BCUT2D eigenvalue weighted by Gasteiger charge is -2.32.